The van der Waals surface area contributed by atoms with E-state index in [9.17, 15) is 9.90 Å². The first kappa shape index (κ1) is 29.6. The summed E-state index contributed by atoms with van der Waals surface area (Å²) < 4.78 is 0. The standard InChI is InChI=1S/C16H17NO2.4C2H6/c1-17(2)11-12-7-3-4-8-13(12)14-9-5-6-10-15(14)16(18)19;4*1-2/h3-10H,11H2,1-2H3,(H,18,19);4*1-2H3. The third-order valence-electron chi connectivity index (χ3n) is 2.95. The monoisotopic (exact) mass is 375 g/mol. The van der Waals surface area contributed by atoms with Crippen molar-refractivity contribution in [2.75, 3.05) is 14.1 Å². The van der Waals surface area contributed by atoms with Gasteiger partial charge in [0, 0.05) is 6.54 Å². The van der Waals surface area contributed by atoms with Crippen LogP contribution in [0, 0.1) is 0 Å². The molecule has 2 aromatic carbocycles. The third kappa shape index (κ3) is 11.2. The molecular formula is C24H41NO2. The summed E-state index contributed by atoms with van der Waals surface area (Å²) >= 11 is 0. The Bertz CT molecular complexity index is 592. The highest BCUT2D eigenvalue weighted by Gasteiger charge is 2.13. The summed E-state index contributed by atoms with van der Waals surface area (Å²) in [6, 6.07) is 15.0. The van der Waals surface area contributed by atoms with E-state index in [2.05, 4.69) is 4.90 Å². The zero-order valence-electron chi connectivity index (χ0n) is 19.1. The van der Waals surface area contributed by atoms with Crippen LogP contribution in [-0.4, -0.2) is 30.1 Å². The molecule has 0 saturated carbocycles. The van der Waals surface area contributed by atoms with Gasteiger partial charge in [-0.05, 0) is 36.9 Å². The molecule has 0 aliphatic carbocycles. The number of carboxylic acids is 1. The van der Waals surface area contributed by atoms with E-state index in [0.717, 1.165) is 23.2 Å². The second kappa shape index (κ2) is 20.2. The Morgan fingerprint density at radius 1 is 0.741 bits per heavy atom. The maximum Gasteiger partial charge on any atom is 0.336 e. The molecule has 2 aromatic rings. The summed E-state index contributed by atoms with van der Waals surface area (Å²) in [6.45, 7) is 16.8. The predicted molar refractivity (Wildman–Crippen MR) is 122 cm³/mol. The SMILES string of the molecule is CC.CC.CC.CC.CN(C)Cc1ccccc1-c1ccccc1C(=O)O. The van der Waals surface area contributed by atoms with Crippen LogP contribution in [0.4, 0.5) is 0 Å². The van der Waals surface area contributed by atoms with E-state index in [1.165, 1.54) is 0 Å². The molecule has 0 heterocycles. The Morgan fingerprint density at radius 3 is 1.59 bits per heavy atom. The van der Waals surface area contributed by atoms with E-state index in [1.807, 2.05) is 106 Å². The summed E-state index contributed by atoms with van der Waals surface area (Å²) in [7, 11) is 4.00. The van der Waals surface area contributed by atoms with E-state index in [0.29, 0.717) is 5.56 Å². The summed E-state index contributed by atoms with van der Waals surface area (Å²) in [4.78, 5) is 13.4. The van der Waals surface area contributed by atoms with Gasteiger partial charge < -0.3 is 10.0 Å². The highest BCUT2D eigenvalue weighted by Crippen LogP contribution is 2.27. The Morgan fingerprint density at radius 2 is 1.15 bits per heavy atom. The van der Waals surface area contributed by atoms with Crippen LogP contribution >= 0.6 is 0 Å². The molecule has 0 aliphatic heterocycles. The minimum absolute atomic E-state index is 0.341. The average Bonchev–Trinajstić information content (AvgIpc) is 2.74. The molecule has 0 spiro atoms. The number of carboxylic acid groups (broad SMARTS) is 1. The highest BCUT2D eigenvalue weighted by atomic mass is 16.4. The van der Waals surface area contributed by atoms with Gasteiger partial charge in [0.25, 0.3) is 0 Å². The predicted octanol–water partition coefficient (Wildman–Crippen LogP) is 7.22. The van der Waals surface area contributed by atoms with Crippen LogP contribution in [0.3, 0.4) is 0 Å². The van der Waals surface area contributed by atoms with Gasteiger partial charge in [0.15, 0.2) is 0 Å². The number of rotatable bonds is 4. The lowest BCUT2D eigenvalue weighted by Crippen LogP contribution is -2.12. The fraction of sp³-hybridized carbons (Fsp3) is 0.458. The van der Waals surface area contributed by atoms with Crippen molar-refractivity contribution in [1.29, 1.82) is 0 Å². The van der Waals surface area contributed by atoms with Crippen molar-refractivity contribution in [1.82, 2.24) is 4.90 Å². The summed E-state index contributed by atoms with van der Waals surface area (Å²) in [5.74, 6) is -0.893. The molecule has 0 saturated heterocycles. The molecular weight excluding hydrogens is 334 g/mol. The minimum atomic E-state index is -0.893. The molecule has 0 bridgehead atoms. The van der Waals surface area contributed by atoms with Crippen molar-refractivity contribution < 1.29 is 9.90 Å². The zero-order valence-corrected chi connectivity index (χ0v) is 19.1. The zero-order chi connectivity index (χ0) is 21.8. The van der Waals surface area contributed by atoms with Gasteiger partial charge in [0.05, 0.1) is 5.56 Å². The van der Waals surface area contributed by atoms with Crippen LogP contribution in [-0.2, 0) is 6.54 Å². The topological polar surface area (TPSA) is 40.5 Å². The van der Waals surface area contributed by atoms with Crippen LogP contribution < -0.4 is 0 Å². The number of nitrogens with zero attached hydrogens (tertiary/aromatic N) is 1. The average molecular weight is 376 g/mol. The van der Waals surface area contributed by atoms with Crippen molar-refractivity contribution in [3.8, 4) is 11.1 Å². The Balaban J connectivity index is -0.000000638. The molecule has 154 valence electrons. The van der Waals surface area contributed by atoms with Crippen molar-refractivity contribution in [3.05, 3.63) is 59.7 Å². The maximum atomic E-state index is 11.3. The van der Waals surface area contributed by atoms with E-state index < -0.39 is 5.97 Å². The fourth-order valence-electron chi connectivity index (χ4n) is 2.17. The highest BCUT2D eigenvalue weighted by molar-refractivity contribution is 5.96. The van der Waals surface area contributed by atoms with E-state index in [-0.39, 0.29) is 0 Å². The van der Waals surface area contributed by atoms with Gasteiger partial charge in [-0.3, -0.25) is 0 Å². The number of hydrogen-bond donors (Lipinski definition) is 1. The van der Waals surface area contributed by atoms with Gasteiger partial charge in [0.1, 0.15) is 0 Å². The van der Waals surface area contributed by atoms with Crippen LogP contribution in [0.15, 0.2) is 48.5 Å². The molecule has 3 nitrogen and oxygen atoms in total. The van der Waals surface area contributed by atoms with E-state index >= 15 is 0 Å². The first-order chi connectivity index (χ1) is 13.1. The van der Waals surface area contributed by atoms with Gasteiger partial charge in [-0.2, -0.15) is 0 Å². The number of carbonyl (C=O) groups is 1. The van der Waals surface area contributed by atoms with Crippen molar-refractivity contribution in [2.24, 2.45) is 0 Å². The van der Waals surface area contributed by atoms with Crippen molar-refractivity contribution >= 4 is 5.97 Å². The van der Waals surface area contributed by atoms with Gasteiger partial charge in [-0.1, -0.05) is 97.9 Å². The fourth-order valence-corrected chi connectivity index (χ4v) is 2.17. The molecule has 3 heteroatoms. The van der Waals surface area contributed by atoms with Gasteiger partial charge in [-0.15, -0.1) is 0 Å². The normalized spacial score (nSPS) is 8.41. The molecule has 0 radical (unpaired) electrons. The van der Waals surface area contributed by atoms with E-state index in [1.54, 1.807) is 12.1 Å². The molecule has 1 N–H and O–H groups in total. The van der Waals surface area contributed by atoms with Gasteiger partial charge >= 0.3 is 5.97 Å². The third-order valence-corrected chi connectivity index (χ3v) is 2.95. The van der Waals surface area contributed by atoms with Gasteiger partial charge in [-0.25, -0.2) is 4.79 Å². The lowest BCUT2D eigenvalue weighted by atomic mass is 9.95. The van der Waals surface area contributed by atoms with Crippen molar-refractivity contribution in [3.63, 3.8) is 0 Å². The molecule has 2 rings (SSSR count). The number of aromatic carboxylic acids is 1. The lowest BCUT2D eigenvalue weighted by Gasteiger charge is -2.15. The Labute approximate surface area is 168 Å². The second-order valence-electron chi connectivity index (χ2n) is 4.75. The second-order valence-corrected chi connectivity index (χ2v) is 4.75. The molecule has 0 aromatic heterocycles. The molecule has 0 unspecified atom stereocenters. The quantitative estimate of drug-likeness (QED) is 0.613. The lowest BCUT2D eigenvalue weighted by molar-refractivity contribution is 0.0697. The van der Waals surface area contributed by atoms with Gasteiger partial charge in [0.2, 0.25) is 0 Å². The summed E-state index contributed by atoms with van der Waals surface area (Å²) in [5, 5.41) is 9.29. The maximum absolute atomic E-state index is 11.3. The molecule has 0 atom stereocenters. The smallest absolute Gasteiger partial charge is 0.336 e. The molecule has 0 amide bonds. The molecule has 27 heavy (non-hydrogen) atoms. The van der Waals surface area contributed by atoms with Crippen LogP contribution in [0.5, 0.6) is 0 Å². The number of benzene rings is 2. The summed E-state index contributed by atoms with van der Waals surface area (Å²) in [6.07, 6.45) is 0. The van der Waals surface area contributed by atoms with Crippen LogP contribution in [0.2, 0.25) is 0 Å². The minimum Gasteiger partial charge on any atom is -0.478 e. The van der Waals surface area contributed by atoms with E-state index in [4.69, 9.17) is 0 Å². The Kier molecular flexibility index (Phi) is 22.1. The molecule has 0 aliphatic rings. The first-order valence-electron chi connectivity index (χ1n) is 10.1. The number of hydrogen-bond acceptors (Lipinski definition) is 2. The summed E-state index contributed by atoms with van der Waals surface area (Å²) in [5.41, 5.74) is 3.22. The van der Waals surface area contributed by atoms with Crippen molar-refractivity contribution in [2.45, 2.75) is 61.9 Å². The van der Waals surface area contributed by atoms with Crippen LogP contribution in [0.1, 0.15) is 71.3 Å². The Hall–Kier alpha value is -2.13. The largest absolute Gasteiger partial charge is 0.478 e. The first-order valence-corrected chi connectivity index (χ1v) is 10.1. The van der Waals surface area contributed by atoms with Crippen LogP contribution in [0.25, 0.3) is 11.1 Å². The molecule has 0 fully saturated rings.